The Morgan fingerprint density at radius 1 is 0.344 bits per heavy atom. The second-order valence-electron chi connectivity index (χ2n) is 17.4. The summed E-state index contributed by atoms with van der Waals surface area (Å²) in [5.74, 6) is -0.946. The van der Waals surface area contributed by atoms with Gasteiger partial charge in [-0.15, -0.1) is 0 Å². The van der Waals surface area contributed by atoms with Gasteiger partial charge in [-0.1, -0.05) is 209 Å². The molecule has 0 N–H and O–H groups in total. The van der Waals surface area contributed by atoms with E-state index in [-0.39, 0.29) is 31.1 Å². The van der Waals surface area contributed by atoms with Gasteiger partial charge in [0.15, 0.2) is 6.10 Å². The first-order chi connectivity index (χ1) is 31.5. The van der Waals surface area contributed by atoms with Crippen molar-refractivity contribution in [3.8, 4) is 0 Å². The van der Waals surface area contributed by atoms with Crippen LogP contribution in [0.5, 0.6) is 0 Å². The first-order valence-corrected chi connectivity index (χ1v) is 26.6. The van der Waals surface area contributed by atoms with Crippen LogP contribution < -0.4 is 0 Å². The van der Waals surface area contributed by atoms with E-state index < -0.39 is 6.10 Å². The molecule has 366 valence electrons. The highest BCUT2D eigenvalue weighted by Crippen LogP contribution is 2.14. The zero-order valence-electron chi connectivity index (χ0n) is 41.8. The summed E-state index contributed by atoms with van der Waals surface area (Å²) < 4.78 is 16.8. The predicted octanol–water partition coefficient (Wildman–Crippen LogP) is 17.6. The van der Waals surface area contributed by atoms with Crippen LogP contribution >= 0.6 is 0 Å². The third-order valence-corrected chi connectivity index (χ3v) is 11.1. The molecule has 0 radical (unpaired) electrons. The van der Waals surface area contributed by atoms with E-state index in [1.165, 1.54) is 83.5 Å². The van der Waals surface area contributed by atoms with Crippen molar-refractivity contribution in [2.45, 2.75) is 252 Å². The summed E-state index contributed by atoms with van der Waals surface area (Å²) in [7, 11) is 0. The highest BCUT2D eigenvalue weighted by atomic mass is 16.6. The topological polar surface area (TPSA) is 78.9 Å². The molecule has 0 aliphatic carbocycles. The Kier molecular flexibility index (Phi) is 49.4. The molecule has 1 unspecified atom stereocenters. The van der Waals surface area contributed by atoms with E-state index in [0.717, 1.165) is 122 Å². The number of carbonyl (C=O) groups is 3. The molecular formula is C58H98O6. The number of allylic oxidation sites excluding steroid dienone is 14. The van der Waals surface area contributed by atoms with E-state index in [0.29, 0.717) is 19.3 Å². The molecule has 0 aliphatic heterocycles. The van der Waals surface area contributed by atoms with Gasteiger partial charge >= 0.3 is 17.9 Å². The molecular weight excluding hydrogens is 793 g/mol. The van der Waals surface area contributed by atoms with Crippen molar-refractivity contribution in [2.75, 3.05) is 13.2 Å². The maximum Gasteiger partial charge on any atom is 0.306 e. The molecule has 0 bridgehead atoms. The van der Waals surface area contributed by atoms with E-state index in [9.17, 15) is 14.4 Å². The minimum atomic E-state index is -0.797. The Labute approximate surface area is 395 Å². The van der Waals surface area contributed by atoms with E-state index >= 15 is 0 Å². The average Bonchev–Trinajstić information content (AvgIpc) is 3.29. The van der Waals surface area contributed by atoms with Crippen LogP contribution in [0, 0.1) is 0 Å². The molecule has 0 fully saturated rings. The van der Waals surface area contributed by atoms with Crippen LogP contribution in [0.15, 0.2) is 85.1 Å². The minimum absolute atomic E-state index is 0.0964. The molecule has 0 aromatic rings. The second-order valence-corrected chi connectivity index (χ2v) is 17.4. The molecule has 6 heteroatoms. The van der Waals surface area contributed by atoms with Crippen LogP contribution in [-0.4, -0.2) is 37.2 Å². The lowest BCUT2D eigenvalue weighted by molar-refractivity contribution is -0.167. The summed E-state index contributed by atoms with van der Waals surface area (Å²) in [6.07, 6.45) is 67.1. The van der Waals surface area contributed by atoms with Crippen molar-refractivity contribution in [3.63, 3.8) is 0 Å². The molecule has 0 aliphatic rings. The van der Waals surface area contributed by atoms with E-state index in [1.54, 1.807) is 0 Å². The smallest absolute Gasteiger partial charge is 0.306 e. The normalized spacial score (nSPS) is 12.7. The van der Waals surface area contributed by atoms with Crippen LogP contribution in [0.3, 0.4) is 0 Å². The van der Waals surface area contributed by atoms with Gasteiger partial charge in [0.1, 0.15) is 13.2 Å². The Balaban J connectivity index is 4.42. The first-order valence-electron chi connectivity index (χ1n) is 26.6. The fourth-order valence-electron chi connectivity index (χ4n) is 7.11. The maximum absolute atomic E-state index is 12.8. The quantitative estimate of drug-likeness (QED) is 0.0199. The summed E-state index contributed by atoms with van der Waals surface area (Å²) in [5, 5.41) is 0. The fourth-order valence-corrected chi connectivity index (χ4v) is 7.11. The molecule has 0 saturated carbocycles. The molecule has 64 heavy (non-hydrogen) atoms. The third-order valence-electron chi connectivity index (χ3n) is 11.1. The number of carbonyl (C=O) groups excluding carboxylic acids is 3. The molecule has 0 amide bonds. The van der Waals surface area contributed by atoms with Crippen molar-refractivity contribution in [1.82, 2.24) is 0 Å². The van der Waals surface area contributed by atoms with Crippen LogP contribution in [0.1, 0.15) is 245 Å². The lowest BCUT2D eigenvalue weighted by atomic mass is 10.1. The number of unbranched alkanes of at least 4 members (excludes halogenated alkanes) is 23. The van der Waals surface area contributed by atoms with Gasteiger partial charge in [0.25, 0.3) is 0 Å². The Morgan fingerprint density at radius 2 is 0.672 bits per heavy atom. The van der Waals surface area contributed by atoms with Crippen LogP contribution in [-0.2, 0) is 28.6 Å². The largest absolute Gasteiger partial charge is 0.462 e. The van der Waals surface area contributed by atoms with Gasteiger partial charge in [-0.3, -0.25) is 14.4 Å². The molecule has 0 aromatic carbocycles. The number of rotatable bonds is 47. The van der Waals surface area contributed by atoms with E-state index in [2.05, 4.69) is 106 Å². The summed E-state index contributed by atoms with van der Waals surface area (Å²) in [6.45, 7) is 6.43. The van der Waals surface area contributed by atoms with Crippen molar-refractivity contribution in [3.05, 3.63) is 85.1 Å². The molecule has 0 heterocycles. The monoisotopic (exact) mass is 891 g/mol. The minimum Gasteiger partial charge on any atom is -0.462 e. The predicted molar refractivity (Wildman–Crippen MR) is 274 cm³/mol. The fraction of sp³-hybridized carbons (Fsp3) is 0.707. The molecule has 1 atom stereocenters. The highest BCUT2D eigenvalue weighted by Gasteiger charge is 2.19. The zero-order valence-corrected chi connectivity index (χ0v) is 41.8. The molecule has 0 rings (SSSR count). The molecule has 0 spiro atoms. The van der Waals surface area contributed by atoms with Gasteiger partial charge < -0.3 is 14.2 Å². The summed E-state index contributed by atoms with van der Waals surface area (Å²) in [6, 6.07) is 0. The standard InChI is InChI=1S/C58H98O6/c1-4-7-10-13-16-19-22-24-26-28-29-30-32-33-36-39-42-45-48-51-57(60)63-54-55(53-62-56(59)50-47-44-41-38-35-21-18-15-12-9-6-3)64-58(61)52-49-46-43-40-37-34-31-27-25-23-20-17-14-11-8-5-2/h7,10,15-16,18-19,21,24,26-27,29-31,35,55H,4-6,8-9,11-14,17,20,22-23,25,28,32-34,36-54H2,1-3H3/b10-7-,18-15-,19-16-,26-24-,30-29-,31-27-,35-21-. The van der Waals surface area contributed by atoms with Gasteiger partial charge in [-0.2, -0.15) is 0 Å². The van der Waals surface area contributed by atoms with E-state index in [1.807, 2.05) is 0 Å². The van der Waals surface area contributed by atoms with Gasteiger partial charge in [-0.05, 0) is 103 Å². The Hall–Kier alpha value is -3.41. The summed E-state index contributed by atoms with van der Waals surface area (Å²) >= 11 is 0. The first kappa shape index (κ1) is 60.6. The molecule has 6 nitrogen and oxygen atoms in total. The average molecular weight is 891 g/mol. The maximum atomic E-state index is 12.8. The van der Waals surface area contributed by atoms with Gasteiger partial charge in [0.2, 0.25) is 0 Å². The van der Waals surface area contributed by atoms with Gasteiger partial charge in [-0.25, -0.2) is 0 Å². The number of esters is 3. The van der Waals surface area contributed by atoms with Crippen LogP contribution in [0.2, 0.25) is 0 Å². The summed E-state index contributed by atoms with van der Waals surface area (Å²) in [5.41, 5.74) is 0. The molecule has 0 aromatic heterocycles. The van der Waals surface area contributed by atoms with Crippen molar-refractivity contribution < 1.29 is 28.6 Å². The SMILES string of the molecule is CC/C=C\C/C=C\C/C=C\C/C=C\CCCCCCCCC(=O)OCC(COC(=O)CCCCC/C=C\C=C/CCCC)OC(=O)CCCCCCC/C=C\CCCCCCCCC. The number of ether oxygens (including phenoxy) is 3. The van der Waals surface area contributed by atoms with Crippen molar-refractivity contribution in [1.29, 1.82) is 0 Å². The zero-order chi connectivity index (χ0) is 46.5. The number of hydrogen-bond acceptors (Lipinski definition) is 6. The van der Waals surface area contributed by atoms with Gasteiger partial charge in [0.05, 0.1) is 0 Å². The van der Waals surface area contributed by atoms with Crippen LogP contribution in [0.25, 0.3) is 0 Å². The Morgan fingerprint density at radius 3 is 1.12 bits per heavy atom. The lowest BCUT2D eigenvalue weighted by Gasteiger charge is -2.18. The number of hydrogen-bond donors (Lipinski definition) is 0. The third kappa shape index (κ3) is 49.6. The van der Waals surface area contributed by atoms with Crippen molar-refractivity contribution >= 4 is 17.9 Å². The van der Waals surface area contributed by atoms with E-state index in [4.69, 9.17) is 14.2 Å². The van der Waals surface area contributed by atoms with Crippen molar-refractivity contribution in [2.24, 2.45) is 0 Å². The van der Waals surface area contributed by atoms with Gasteiger partial charge in [0, 0.05) is 19.3 Å². The molecule has 0 saturated heterocycles. The lowest BCUT2D eigenvalue weighted by Crippen LogP contribution is -2.30. The van der Waals surface area contributed by atoms with Crippen LogP contribution in [0.4, 0.5) is 0 Å². The second kappa shape index (κ2) is 52.2. The highest BCUT2D eigenvalue weighted by molar-refractivity contribution is 5.71. The summed E-state index contributed by atoms with van der Waals surface area (Å²) in [4.78, 5) is 38.0. The Bertz CT molecular complexity index is 1250.